The van der Waals surface area contributed by atoms with Crippen LogP contribution in [0.2, 0.25) is 0 Å². The fourth-order valence-corrected chi connectivity index (χ4v) is 1.89. The van der Waals surface area contributed by atoms with Crippen LogP contribution in [0.1, 0.15) is 0 Å². The summed E-state index contributed by atoms with van der Waals surface area (Å²) in [4.78, 5) is 17.4. The van der Waals surface area contributed by atoms with Gasteiger partial charge in [-0.25, -0.2) is 0 Å². The number of anilines is 1. The summed E-state index contributed by atoms with van der Waals surface area (Å²) in [6.45, 7) is 0.582. The largest absolute Gasteiger partial charge is 0.318 e. The van der Waals surface area contributed by atoms with E-state index in [0.29, 0.717) is 6.54 Å². The van der Waals surface area contributed by atoms with Gasteiger partial charge in [0.2, 0.25) is 5.91 Å². The summed E-state index contributed by atoms with van der Waals surface area (Å²) in [5.41, 5.74) is 7.31. The minimum atomic E-state index is -0.341. The van der Waals surface area contributed by atoms with Crippen molar-refractivity contribution >= 4 is 22.5 Å². The number of pyridine rings is 1. The minimum absolute atomic E-state index is 0.0305. The molecule has 80 valence electrons. The highest BCUT2D eigenvalue weighted by atomic mass is 16.2. The van der Waals surface area contributed by atoms with Crippen molar-refractivity contribution in [3.63, 3.8) is 0 Å². The second kappa shape index (κ2) is 3.28. The maximum atomic E-state index is 11.5. The molecule has 1 aromatic carbocycles. The van der Waals surface area contributed by atoms with Crippen molar-refractivity contribution < 1.29 is 4.79 Å². The van der Waals surface area contributed by atoms with Gasteiger partial charge in [-0.15, -0.1) is 0 Å². The molecule has 2 aromatic rings. The van der Waals surface area contributed by atoms with Crippen molar-refractivity contribution in [1.29, 1.82) is 0 Å². The lowest BCUT2D eigenvalue weighted by atomic mass is 10.1. The number of benzene rings is 1. The molecule has 0 radical (unpaired) electrons. The van der Waals surface area contributed by atoms with Gasteiger partial charge in [0.05, 0.1) is 23.9 Å². The molecule has 1 fully saturated rings. The van der Waals surface area contributed by atoms with Gasteiger partial charge in [0, 0.05) is 5.39 Å². The van der Waals surface area contributed by atoms with Crippen LogP contribution in [0, 0.1) is 0 Å². The predicted octanol–water partition coefficient (Wildman–Crippen LogP) is 0.909. The first-order valence-electron chi connectivity index (χ1n) is 5.17. The Morgan fingerprint density at radius 2 is 2.19 bits per heavy atom. The molecular weight excluding hydrogens is 202 g/mol. The molecule has 1 aliphatic rings. The van der Waals surface area contributed by atoms with Crippen LogP contribution in [0.5, 0.6) is 0 Å². The van der Waals surface area contributed by atoms with E-state index in [4.69, 9.17) is 5.73 Å². The number of rotatable bonds is 1. The molecule has 4 nitrogen and oxygen atoms in total. The molecule has 1 aliphatic heterocycles. The molecule has 0 saturated carbocycles. The van der Waals surface area contributed by atoms with E-state index in [0.717, 1.165) is 16.6 Å². The van der Waals surface area contributed by atoms with Crippen LogP contribution in [-0.2, 0) is 4.79 Å². The van der Waals surface area contributed by atoms with Gasteiger partial charge in [0.1, 0.15) is 6.04 Å². The molecule has 16 heavy (non-hydrogen) atoms. The quantitative estimate of drug-likeness (QED) is 0.716. The molecule has 3 rings (SSSR count). The lowest BCUT2D eigenvalue weighted by Crippen LogP contribution is -2.61. The molecule has 1 unspecified atom stereocenters. The number of hydrogen-bond donors (Lipinski definition) is 1. The Morgan fingerprint density at radius 1 is 1.38 bits per heavy atom. The van der Waals surface area contributed by atoms with E-state index in [1.54, 1.807) is 11.1 Å². The highest BCUT2D eigenvalue weighted by Gasteiger charge is 2.34. The Labute approximate surface area is 92.7 Å². The van der Waals surface area contributed by atoms with Crippen LogP contribution in [0.3, 0.4) is 0 Å². The van der Waals surface area contributed by atoms with Gasteiger partial charge in [-0.1, -0.05) is 18.2 Å². The van der Waals surface area contributed by atoms with Crippen LogP contribution >= 0.6 is 0 Å². The number of β-lactam (4-membered cyclic amide) rings is 1. The number of para-hydroxylation sites is 1. The second-order valence-corrected chi connectivity index (χ2v) is 3.94. The third-order valence-corrected chi connectivity index (χ3v) is 2.85. The summed E-state index contributed by atoms with van der Waals surface area (Å²) in [6, 6.07) is 9.45. The first-order valence-corrected chi connectivity index (χ1v) is 5.17. The average molecular weight is 213 g/mol. The minimum Gasteiger partial charge on any atom is -0.318 e. The van der Waals surface area contributed by atoms with Gasteiger partial charge in [0.15, 0.2) is 0 Å². The van der Waals surface area contributed by atoms with Gasteiger partial charge >= 0.3 is 0 Å². The number of aromatic nitrogens is 1. The standard InChI is InChI=1S/C12H11N3O/c13-10-7-15(12(10)16)9-5-8-3-1-2-4-11(8)14-6-9/h1-6,10H,7,13H2. The number of amides is 1. The lowest BCUT2D eigenvalue weighted by molar-refractivity contribution is -0.123. The SMILES string of the molecule is NC1CN(c2cnc3ccccc3c2)C1=O. The first kappa shape index (κ1) is 9.30. The molecule has 0 aliphatic carbocycles. The van der Waals surface area contributed by atoms with Gasteiger partial charge < -0.3 is 10.6 Å². The molecule has 1 aromatic heterocycles. The van der Waals surface area contributed by atoms with Crippen molar-refractivity contribution in [2.24, 2.45) is 5.73 Å². The zero-order valence-corrected chi connectivity index (χ0v) is 8.63. The highest BCUT2D eigenvalue weighted by molar-refractivity contribution is 6.04. The van der Waals surface area contributed by atoms with E-state index in [9.17, 15) is 4.79 Å². The monoisotopic (exact) mass is 213 g/mol. The fourth-order valence-electron chi connectivity index (χ4n) is 1.89. The smallest absolute Gasteiger partial charge is 0.245 e. The number of hydrogen-bond acceptors (Lipinski definition) is 3. The summed E-state index contributed by atoms with van der Waals surface area (Å²) < 4.78 is 0. The van der Waals surface area contributed by atoms with Gasteiger partial charge in [-0.05, 0) is 12.1 Å². The zero-order chi connectivity index (χ0) is 11.1. The van der Waals surface area contributed by atoms with E-state index >= 15 is 0 Å². The van der Waals surface area contributed by atoms with E-state index < -0.39 is 0 Å². The summed E-state index contributed by atoms with van der Waals surface area (Å²) in [6.07, 6.45) is 1.71. The molecule has 1 amide bonds. The van der Waals surface area contributed by atoms with Crippen LogP contribution in [0.25, 0.3) is 10.9 Å². The topological polar surface area (TPSA) is 59.2 Å². The first-order chi connectivity index (χ1) is 7.75. The van der Waals surface area contributed by atoms with Crippen molar-refractivity contribution in [2.45, 2.75) is 6.04 Å². The van der Waals surface area contributed by atoms with Crippen molar-refractivity contribution in [3.8, 4) is 0 Å². The van der Waals surface area contributed by atoms with Crippen LogP contribution in [-0.4, -0.2) is 23.5 Å². The molecule has 0 bridgehead atoms. The Hall–Kier alpha value is -1.94. The molecule has 1 saturated heterocycles. The predicted molar refractivity (Wildman–Crippen MR) is 62.1 cm³/mol. The summed E-state index contributed by atoms with van der Waals surface area (Å²) in [5, 5.41) is 1.04. The molecular formula is C12H11N3O. The number of carbonyl (C=O) groups excluding carboxylic acids is 1. The number of nitrogens with zero attached hydrogens (tertiary/aromatic N) is 2. The molecule has 0 spiro atoms. The van der Waals surface area contributed by atoms with Gasteiger partial charge in [0.25, 0.3) is 0 Å². The number of fused-ring (bicyclic) bond motifs is 1. The maximum Gasteiger partial charge on any atom is 0.245 e. The van der Waals surface area contributed by atoms with E-state index in [1.807, 2.05) is 30.3 Å². The Morgan fingerprint density at radius 3 is 2.94 bits per heavy atom. The molecule has 2 heterocycles. The van der Waals surface area contributed by atoms with Gasteiger partial charge in [-0.3, -0.25) is 9.78 Å². The maximum absolute atomic E-state index is 11.5. The van der Waals surface area contributed by atoms with Crippen LogP contribution < -0.4 is 10.6 Å². The highest BCUT2D eigenvalue weighted by Crippen LogP contribution is 2.23. The molecule has 1 atom stereocenters. The zero-order valence-electron chi connectivity index (χ0n) is 8.63. The van der Waals surface area contributed by atoms with E-state index in [-0.39, 0.29) is 11.9 Å². The number of nitrogens with two attached hydrogens (primary N) is 1. The lowest BCUT2D eigenvalue weighted by Gasteiger charge is -2.35. The van der Waals surface area contributed by atoms with Crippen molar-refractivity contribution in [2.75, 3.05) is 11.4 Å². The van der Waals surface area contributed by atoms with Crippen LogP contribution in [0.15, 0.2) is 36.5 Å². The average Bonchev–Trinajstić information content (AvgIpc) is 2.35. The van der Waals surface area contributed by atoms with E-state index in [2.05, 4.69) is 4.98 Å². The number of carbonyl (C=O) groups is 1. The normalized spacial score (nSPS) is 19.9. The third kappa shape index (κ3) is 1.27. The van der Waals surface area contributed by atoms with Crippen LogP contribution in [0.4, 0.5) is 5.69 Å². The molecule has 2 N–H and O–H groups in total. The Kier molecular flexibility index (Phi) is 1.91. The summed E-state index contributed by atoms with van der Waals surface area (Å²) >= 11 is 0. The summed E-state index contributed by atoms with van der Waals surface area (Å²) in [7, 11) is 0. The summed E-state index contributed by atoms with van der Waals surface area (Å²) in [5.74, 6) is -0.0305. The Bertz CT molecular complexity index is 567. The van der Waals surface area contributed by atoms with Crippen molar-refractivity contribution in [1.82, 2.24) is 4.98 Å². The second-order valence-electron chi connectivity index (χ2n) is 3.94. The molecule has 4 heteroatoms. The Balaban J connectivity index is 2.03. The fraction of sp³-hybridized carbons (Fsp3) is 0.167. The van der Waals surface area contributed by atoms with E-state index in [1.165, 1.54) is 0 Å². The van der Waals surface area contributed by atoms with Gasteiger partial charge in [-0.2, -0.15) is 0 Å². The van der Waals surface area contributed by atoms with Crippen molar-refractivity contribution in [3.05, 3.63) is 36.5 Å². The third-order valence-electron chi connectivity index (χ3n) is 2.85.